The Balaban J connectivity index is 1.80. The number of aromatic nitrogens is 1. The normalized spacial score (nSPS) is 24.6. The number of hydrogen-bond acceptors (Lipinski definition) is 4. The van der Waals surface area contributed by atoms with Crippen molar-refractivity contribution >= 4 is 5.91 Å². The van der Waals surface area contributed by atoms with Gasteiger partial charge in [0.05, 0.1) is 11.8 Å². The summed E-state index contributed by atoms with van der Waals surface area (Å²) in [4.78, 5) is 11.7. The standard InChI is InChI=1S/C12H18N2O3/c1-8-5-11(17-14-8)12(16)13-7-9-3-2-4-10(15)6-9/h5,9-10,15H,2-4,6-7H2,1H3,(H,13,16). The van der Waals surface area contributed by atoms with Crippen LogP contribution in [-0.2, 0) is 0 Å². The molecule has 5 nitrogen and oxygen atoms in total. The Morgan fingerprint density at radius 3 is 3.12 bits per heavy atom. The van der Waals surface area contributed by atoms with Gasteiger partial charge in [0.1, 0.15) is 0 Å². The van der Waals surface area contributed by atoms with Gasteiger partial charge in [-0.15, -0.1) is 0 Å². The Hall–Kier alpha value is -1.36. The molecule has 1 amide bonds. The van der Waals surface area contributed by atoms with Gasteiger partial charge in [0.25, 0.3) is 5.91 Å². The predicted molar refractivity (Wildman–Crippen MR) is 61.5 cm³/mol. The summed E-state index contributed by atoms with van der Waals surface area (Å²) in [6.07, 6.45) is 3.54. The van der Waals surface area contributed by atoms with E-state index in [1.165, 1.54) is 0 Å². The molecule has 1 aromatic heterocycles. The first-order valence-electron chi connectivity index (χ1n) is 6.04. The monoisotopic (exact) mass is 238 g/mol. The number of aliphatic hydroxyl groups excluding tert-OH is 1. The molecule has 17 heavy (non-hydrogen) atoms. The van der Waals surface area contributed by atoms with Crippen molar-refractivity contribution < 1.29 is 14.4 Å². The summed E-state index contributed by atoms with van der Waals surface area (Å²) in [7, 11) is 0. The Kier molecular flexibility index (Phi) is 3.78. The maximum atomic E-state index is 11.7. The largest absolute Gasteiger partial charge is 0.393 e. The van der Waals surface area contributed by atoms with E-state index in [1.807, 2.05) is 0 Å². The van der Waals surface area contributed by atoms with Crippen LogP contribution in [0.2, 0.25) is 0 Å². The third kappa shape index (κ3) is 3.30. The SMILES string of the molecule is Cc1cc(C(=O)NCC2CCCC(O)C2)on1. The van der Waals surface area contributed by atoms with Gasteiger partial charge in [0.2, 0.25) is 5.76 Å². The number of amides is 1. The number of aliphatic hydroxyl groups is 1. The van der Waals surface area contributed by atoms with Crippen molar-refractivity contribution in [3.05, 3.63) is 17.5 Å². The maximum absolute atomic E-state index is 11.7. The molecule has 0 aliphatic heterocycles. The van der Waals surface area contributed by atoms with Crippen LogP contribution in [0.3, 0.4) is 0 Å². The van der Waals surface area contributed by atoms with E-state index in [-0.39, 0.29) is 17.8 Å². The number of nitrogens with one attached hydrogen (secondary N) is 1. The van der Waals surface area contributed by atoms with E-state index in [2.05, 4.69) is 10.5 Å². The molecular formula is C12H18N2O3. The zero-order valence-corrected chi connectivity index (χ0v) is 9.98. The van der Waals surface area contributed by atoms with E-state index < -0.39 is 0 Å². The van der Waals surface area contributed by atoms with Crippen LogP contribution < -0.4 is 5.32 Å². The zero-order valence-electron chi connectivity index (χ0n) is 9.98. The second-order valence-electron chi connectivity index (χ2n) is 4.73. The number of carbonyl (C=O) groups excluding carboxylic acids is 1. The zero-order chi connectivity index (χ0) is 12.3. The molecule has 94 valence electrons. The van der Waals surface area contributed by atoms with Crippen molar-refractivity contribution in [3.8, 4) is 0 Å². The smallest absolute Gasteiger partial charge is 0.289 e. The minimum atomic E-state index is -0.231. The summed E-state index contributed by atoms with van der Waals surface area (Å²) in [5, 5.41) is 16.0. The molecule has 2 atom stereocenters. The van der Waals surface area contributed by atoms with Crippen LogP contribution in [-0.4, -0.2) is 28.8 Å². The Bertz CT molecular complexity index is 389. The quantitative estimate of drug-likeness (QED) is 0.831. The van der Waals surface area contributed by atoms with E-state index in [4.69, 9.17) is 4.52 Å². The number of nitrogens with zero attached hydrogens (tertiary/aromatic N) is 1. The van der Waals surface area contributed by atoms with Crippen LogP contribution >= 0.6 is 0 Å². The van der Waals surface area contributed by atoms with Crippen molar-refractivity contribution in [3.63, 3.8) is 0 Å². The van der Waals surface area contributed by atoms with Crippen LogP contribution in [0.4, 0.5) is 0 Å². The molecule has 1 aromatic rings. The molecule has 1 aliphatic carbocycles. The lowest BCUT2D eigenvalue weighted by atomic mass is 9.87. The molecule has 0 radical (unpaired) electrons. The van der Waals surface area contributed by atoms with E-state index >= 15 is 0 Å². The molecule has 0 bridgehead atoms. The second kappa shape index (κ2) is 5.31. The lowest BCUT2D eigenvalue weighted by Crippen LogP contribution is -2.32. The molecule has 2 rings (SSSR count). The van der Waals surface area contributed by atoms with Crippen molar-refractivity contribution in [1.29, 1.82) is 0 Å². The summed E-state index contributed by atoms with van der Waals surface area (Å²) in [5.41, 5.74) is 0.697. The molecular weight excluding hydrogens is 220 g/mol. The minimum absolute atomic E-state index is 0.210. The van der Waals surface area contributed by atoms with E-state index in [0.717, 1.165) is 25.7 Å². The molecule has 1 fully saturated rings. The fourth-order valence-corrected chi connectivity index (χ4v) is 2.24. The van der Waals surface area contributed by atoms with Crippen molar-refractivity contribution in [2.24, 2.45) is 5.92 Å². The highest BCUT2D eigenvalue weighted by molar-refractivity contribution is 5.91. The summed E-state index contributed by atoms with van der Waals surface area (Å²) in [6.45, 7) is 2.37. The Morgan fingerprint density at radius 2 is 2.47 bits per heavy atom. The molecule has 2 unspecified atom stereocenters. The van der Waals surface area contributed by atoms with Gasteiger partial charge >= 0.3 is 0 Å². The van der Waals surface area contributed by atoms with Crippen molar-refractivity contribution in [2.45, 2.75) is 38.7 Å². The first-order chi connectivity index (χ1) is 8.15. The average molecular weight is 238 g/mol. The van der Waals surface area contributed by atoms with Crippen LogP contribution in [0.15, 0.2) is 10.6 Å². The summed E-state index contributed by atoms with van der Waals surface area (Å²) < 4.78 is 4.88. The summed E-state index contributed by atoms with van der Waals surface area (Å²) in [5.74, 6) is 0.385. The van der Waals surface area contributed by atoms with E-state index in [9.17, 15) is 9.90 Å². The van der Waals surface area contributed by atoms with Gasteiger partial charge in [-0.3, -0.25) is 4.79 Å². The topological polar surface area (TPSA) is 75.4 Å². The third-order valence-corrected chi connectivity index (χ3v) is 3.16. The molecule has 0 spiro atoms. The number of rotatable bonds is 3. The molecule has 1 heterocycles. The van der Waals surface area contributed by atoms with Crippen LogP contribution in [0.25, 0.3) is 0 Å². The highest BCUT2D eigenvalue weighted by atomic mass is 16.5. The highest BCUT2D eigenvalue weighted by Crippen LogP contribution is 2.23. The van der Waals surface area contributed by atoms with E-state index in [1.54, 1.807) is 13.0 Å². The van der Waals surface area contributed by atoms with Gasteiger partial charge in [0, 0.05) is 12.6 Å². The van der Waals surface area contributed by atoms with Gasteiger partial charge in [0.15, 0.2) is 0 Å². The molecule has 0 saturated heterocycles. The first-order valence-corrected chi connectivity index (χ1v) is 6.04. The fraction of sp³-hybridized carbons (Fsp3) is 0.667. The third-order valence-electron chi connectivity index (χ3n) is 3.16. The fourth-order valence-electron chi connectivity index (χ4n) is 2.24. The maximum Gasteiger partial charge on any atom is 0.289 e. The highest BCUT2D eigenvalue weighted by Gasteiger charge is 2.21. The molecule has 0 aromatic carbocycles. The molecule has 2 N–H and O–H groups in total. The lowest BCUT2D eigenvalue weighted by molar-refractivity contribution is 0.0847. The number of hydrogen-bond donors (Lipinski definition) is 2. The average Bonchev–Trinajstić information content (AvgIpc) is 2.73. The van der Waals surface area contributed by atoms with Gasteiger partial charge in [-0.25, -0.2) is 0 Å². The first kappa shape index (κ1) is 12.1. The Labute approximate surface area is 100 Å². The minimum Gasteiger partial charge on any atom is -0.393 e. The van der Waals surface area contributed by atoms with Gasteiger partial charge in [-0.05, 0) is 32.1 Å². The Morgan fingerprint density at radius 1 is 1.65 bits per heavy atom. The molecule has 5 heteroatoms. The predicted octanol–water partition coefficient (Wildman–Crippen LogP) is 1.26. The second-order valence-corrected chi connectivity index (χ2v) is 4.73. The number of aryl methyl sites for hydroxylation is 1. The van der Waals surface area contributed by atoms with Crippen molar-refractivity contribution in [2.75, 3.05) is 6.54 Å². The molecule has 1 saturated carbocycles. The van der Waals surface area contributed by atoms with Gasteiger partial charge in [-0.1, -0.05) is 11.6 Å². The molecule has 1 aliphatic rings. The van der Waals surface area contributed by atoms with Crippen LogP contribution in [0.1, 0.15) is 41.9 Å². The van der Waals surface area contributed by atoms with Crippen molar-refractivity contribution in [1.82, 2.24) is 10.5 Å². The summed E-state index contributed by atoms with van der Waals surface area (Å²) >= 11 is 0. The van der Waals surface area contributed by atoms with Crippen LogP contribution in [0, 0.1) is 12.8 Å². The van der Waals surface area contributed by atoms with Crippen LogP contribution in [0.5, 0.6) is 0 Å². The summed E-state index contributed by atoms with van der Waals surface area (Å²) in [6, 6.07) is 1.62. The lowest BCUT2D eigenvalue weighted by Gasteiger charge is -2.25. The van der Waals surface area contributed by atoms with Gasteiger partial charge in [-0.2, -0.15) is 0 Å². The number of carbonyl (C=O) groups is 1. The van der Waals surface area contributed by atoms with E-state index in [0.29, 0.717) is 18.2 Å². The van der Waals surface area contributed by atoms with Gasteiger partial charge < -0.3 is 14.9 Å².